The van der Waals surface area contributed by atoms with Crippen LogP contribution in [-0.4, -0.2) is 10.3 Å². The van der Waals surface area contributed by atoms with Crippen molar-refractivity contribution in [2.24, 2.45) is 5.73 Å². The lowest BCUT2D eigenvalue weighted by atomic mass is 10.1. The van der Waals surface area contributed by atoms with Crippen molar-refractivity contribution in [1.82, 2.24) is 5.16 Å². The molecule has 15 heavy (non-hydrogen) atoms. The smallest absolute Gasteiger partial charge is 0.252 e. The molecule has 0 saturated heterocycles. The average molecular weight is 208 g/mol. The maximum atomic E-state index is 13.3. The lowest BCUT2D eigenvalue weighted by Crippen LogP contribution is -1.99. The minimum atomic E-state index is -0.397. The van der Waals surface area contributed by atoms with Gasteiger partial charge in [0, 0.05) is 23.7 Å². The van der Waals surface area contributed by atoms with Crippen LogP contribution in [0.25, 0.3) is 11.3 Å². The first-order valence-corrected chi connectivity index (χ1v) is 4.35. The van der Waals surface area contributed by atoms with Crippen molar-refractivity contribution in [1.29, 1.82) is 0 Å². The summed E-state index contributed by atoms with van der Waals surface area (Å²) in [5.74, 6) is -0.311. The second-order valence-corrected chi connectivity index (χ2v) is 3.06. The molecule has 2 rings (SSSR count). The standard InChI is InChI=1S/C10H9FN2O2/c11-8-3-6(1-2-7(8)5-12)9-4-10(14)13-15-9/h1-4H,5,12H2,(H,13,14). The van der Waals surface area contributed by atoms with Crippen LogP contribution in [0, 0.1) is 5.82 Å². The Morgan fingerprint density at radius 1 is 1.40 bits per heavy atom. The van der Waals surface area contributed by atoms with Crippen LogP contribution in [0.2, 0.25) is 0 Å². The van der Waals surface area contributed by atoms with Gasteiger partial charge in [-0.25, -0.2) is 4.39 Å². The fourth-order valence-electron chi connectivity index (χ4n) is 1.27. The number of aromatic hydroxyl groups is 1. The Morgan fingerprint density at radius 2 is 2.20 bits per heavy atom. The molecule has 0 saturated carbocycles. The summed E-state index contributed by atoms with van der Waals surface area (Å²) in [6, 6.07) is 5.84. The summed E-state index contributed by atoms with van der Waals surface area (Å²) in [7, 11) is 0. The van der Waals surface area contributed by atoms with Crippen molar-refractivity contribution in [3.63, 3.8) is 0 Å². The first-order valence-electron chi connectivity index (χ1n) is 4.35. The number of nitrogens with zero attached hydrogens (tertiary/aromatic N) is 1. The molecular formula is C10H9FN2O2. The molecule has 0 fully saturated rings. The number of benzene rings is 1. The van der Waals surface area contributed by atoms with Crippen molar-refractivity contribution in [2.45, 2.75) is 6.54 Å². The summed E-state index contributed by atoms with van der Waals surface area (Å²) in [4.78, 5) is 0. The molecular weight excluding hydrogens is 199 g/mol. The van der Waals surface area contributed by atoms with Crippen LogP contribution in [0.4, 0.5) is 4.39 Å². The van der Waals surface area contributed by atoms with Crippen LogP contribution in [0.5, 0.6) is 5.88 Å². The molecule has 1 aromatic carbocycles. The summed E-state index contributed by atoms with van der Waals surface area (Å²) in [5.41, 5.74) is 6.27. The molecule has 3 N–H and O–H groups in total. The van der Waals surface area contributed by atoms with Gasteiger partial charge < -0.3 is 15.4 Å². The first kappa shape index (κ1) is 9.67. The van der Waals surface area contributed by atoms with E-state index >= 15 is 0 Å². The molecule has 0 unspecified atom stereocenters. The van der Waals surface area contributed by atoms with E-state index in [0.717, 1.165) is 0 Å². The van der Waals surface area contributed by atoms with E-state index in [1.807, 2.05) is 0 Å². The quantitative estimate of drug-likeness (QED) is 0.786. The van der Waals surface area contributed by atoms with Crippen LogP contribution < -0.4 is 5.73 Å². The summed E-state index contributed by atoms with van der Waals surface area (Å²) in [5, 5.41) is 12.3. The van der Waals surface area contributed by atoms with Gasteiger partial charge in [0.25, 0.3) is 5.88 Å². The van der Waals surface area contributed by atoms with E-state index in [1.54, 1.807) is 12.1 Å². The molecule has 78 valence electrons. The first-order chi connectivity index (χ1) is 7.20. The van der Waals surface area contributed by atoms with E-state index in [0.29, 0.717) is 16.9 Å². The Morgan fingerprint density at radius 3 is 2.73 bits per heavy atom. The summed E-state index contributed by atoms with van der Waals surface area (Å²) in [6.07, 6.45) is 0. The summed E-state index contributed by atoms with van der Waals surface area (Å²) >= 11 is 0. The molecule has 4 nitrogen and oxygen atoms in total. The van der Waals surface area contributed by atoms with Gasteiger partial charge in [-0.2, -0.15) is 0 Å². The normalized spacial score (nSPS) is 10.5. The predicted molar refractivity (Wildman–Crippen MR) is 51.5 cm³/mol. The topological polar surface area (TPSA) is 72.3 Å². The van der Waals surface area contributed by atoms with Crippen LogP contribution in [0.1, 0.15) is 5.56 Å². The van der Waals surface area contributed by atoms with E-state index in [4.69, 9.17) is 15.4 Å². The van der Waals surface area contributed by atoms with Crippen molar-refractivity contribution >= 4 is 0 Å². The Hall–Kier alpha value is -1.88. The molecule has 5 heteroatoms. The molecule has 0 aliphatic heterocycles. The second-order valence-electron chi connectivity index (χ2n) is 3.06. The van der Waals surface area contributed by atoms with Gasteiger partial charge in [-0.3, -0.25) is 0 Å². The van der Waals surface area contributed by atoms with Gasteiger partial charge in [-0.1, -0.05) is 12.1 Å². The predicted octanol–water partition coefficient (Wildman–Crippen LogP) is 1.64. The zero-order chi connectivity index (χ0) is 10.8. The number of hydrogen-bond acceptors (Lipinski definition) is 4. The van der Waals surface area contributed by atoms with Gasteiger partial charge >= 0.3 is 0 Å². The lowest BCUT2D eigenvalue weighted by Gasteiger charge is -2.00. The Balaban J connectivity index is 2.42. The minimum absolute atomic E-state index is 0.147. The Labute approximate surface area is 85.1 Å². The maximum Gasteiger partial charge on any atom is 0.252 e. The van der Waals surface area contributed by atoms with E-state index in [2.05, 4.69) is 5.16 Å². The SMILES string of the molecule is NCc1ccc(-c2cc(O)no2)cc1F. The third kappa shape index (κ3) is 1.82. The third-order valence-electron chi connectivity index (χ3n) is 2.06. The van der Waals surface area contributed by atoms with E-state index in [9.17, 15) is 4.39 Å². The van der Waals surface area contributed by atoms with Gasteiger partial charge in [-0.05, 0) is 11.2 Å². The van der Waals surface area contributed by atoms with Gasteiger partial charge in [0.05, 0.1) is 0 Å². The molecule has 0 amide bonds. The zero-order valence-electron chi connectivity index (χ0n) is 7.77. The van der Waals surface area contributed by atoms with Gasteiger partial charge in [-0.15, -0.1) is 0 Å². The van der Waals surface area contributed by atoms with Crippen molar-refractivity contribution in [2.75, 3.05) is 0 Å². The van der Waals surface area contributed by atoms with Crippen molar-refractivity contribution in [3.8, 4) is 17.2 Å². The van der Waals surface area contributed by atoms with Crippen molar-refractivity contribution in [3.05, 3.63) is 35.6 Å². The van der Waals surface area contributed by atoms with Crippen LogP contribution in [0.3, 0.4) is 0 Å². The van der Waals surface area contributed by atoms with Gasteiger partial charge in [0.15, 0.2) is 5.76 Å². The highest BCUT2D eigenvalue weighted by Gasteiger charge is 2.08. The zero-order valence-corrected chi connectivity index (χ0v) is 7.77. The van der Waals surface area contributed by atoms with Crippen molar-refractivity contribution < 1.29 is 14.0 Å². The highest BCUT2D eigenvalue weighted by atomic mass is 19.1. The summed E-state index contributed by atoms with van der Waals surface area (Å²) in [6.45, 7) is 0.147. The van der Waals surface area contributed by atoms with Gasteiger partial charge in [0.1, 0.15) is 5.82 Å². The third-order valence-corrected chi connectivity index (χ3v) is 2.06. The molecule has 0 aliphatic carbocycles. The minimum Gasteiger partial charge on any atom is -0.491 e. The summed E-state index contributed by atoms with van der Waals surface area (Å²) < 4.78 is 18.1. The molecule has 1 aromatic heterocycles. The number of halogens is 1. The highest BCUT2D eigenvalue weighted by molar-refractivity contribution is 5.58. The number of nitrogens with two attached hydrogens (primary N) is 1. The van der Waals surface area contributed by atoms with Crippen LogP contribution in [0.15, 0.2) is 28.8 Å². The Kier molecular flexibility index (Phi) is 2.39. The van der Waals surface area contributed by atoms with E-state index in [-0.39, 0.29) is 12.4 Å². The Bertz CT molecular complexity index is 482. The molecule has 0 atom stereocenters. The molecule has 1 heterocycles. The lowest BCUT2D eigenvalue weighted by molar-refractivity contribution is 0.365. The molecule has 0 aliphatic rings. The fraction of sp³-hybridized carbons (Fsp3) is 0.100. The van der Waals surface area contributed by atoms with E-state index < -0.39 is 5.82 Å². The maximum absolute atomic E-state index is 13.3. The molecule has 0 radical (unpaired) electrons. The molecule has 0 spiro atoms. The highest BCUT2D eigenvalue weighted by Crippen LogP contribution is 2.24. The number of hydrogen-bond donors (Lipinski definition) is 2. The van der Waals surface area contributed by atoms with Crippen LogP contribution >= 0.6 is 0 Å². The molecule has 0 bridgehead atoms. The number of aromatic nitrogens is 1. The largest absolute Gasteiger partial charge is 0.491 e. The molecule has 2 aromatic rings. The monoisotopic (exact) mass is 208 g/mol. The van der Waals surface area contributed by atoms with E-state index in [1.165, 1.54) is 12.1 Å². The average Bonchev–Trinajstić information content (AvgIpc) is 2.65. The number of rotatable bonds is 2. The second kappa shape index (κ2) is 3.70. The fourth-order valence-corrected chi connectivity index (χ4v) is 1.27. The van der Waals surface area contributed by atoms with Gasteiger partial charge in [0.2, 0.25) is 0 Å². The van der Waals surface area contributed by atoms with Crippen LogP contribution in [-0.2, 0) is 6.54 Å².